The molecule has 4 nitrogen and oxygen atoms in total. The van der Waals surface area contributed by atoms with E-state index in [1.54, 1.807) is 0 Å². The first kappa shape index (κ1) is 20.8. The Morgan fingerprint density at radius 3 is 2.30 bits per heavy atom. The molecule has 0 N–H and O–H groups in total. The number of aryl methyl sites for hydroxylation is 1. The molecule has 5 aromatic rings. The molecule has 0 radical (unpaired) electrons. The minimum atomic E-state index is -0.417. The van der Waals surface area contributed by atoms with Gasteiger partial charge in [-0.2, -0.15) is 0 Å². The van der Waals surface area contributed by atoms with Crippen LogP contribution in [0.4, 0.5) is 10.2 Å². The van der Waals surface area contributed by atoms with Gasteiger partial charge >= 0.3 is 0 Å². The van der Waals surface area contributed by atoms with Crippen molar-refractivity contribution in [3.8, 4) is 22.4 Å². The van der Waals surface area contributed by atoms with Crippen molar-refractivity contribution < 1.29 is 4.39 Å². The summed E-state index contributed by atoms with van der Waals surface area (Å²) in [6.45, 7) is 2.51. The Labute approximate surface area is 192 Å². The lowest BCUT2D eigenvalue weighted by molar-refractivity contribution is 0.611. The number of hydrogen-bond donors (Lipinski definition) is 0. The average Bonchev–Trinajstić information content (AvgIpc) is 2.84. The smallest absolute Gasteiger partial charge is 0.191 e. The van der Waals surface area contributed by atoms with E-state index in [1.807, 2.05) is 73.6 Å². The minimum absolute atomic E-state index is 0.280. The Bertz CT molecular complexity index is 1430. The Kier molecular flexibility index (Phi) is 5.53. The predicted octanol–water partition coefficient (Wildman–Crippen LogP) is 6.44. The number of halogens is 1. The molecule has 2 aromatic heterocycles. The summed E-state index contributed by atoms with van der Waals surface area (Å²) >= 11 is 0. The van der Waals surface area contributed by atoms with Crippen molar-refractivity contribution in [2.75, 3.05) is 11.9 Å². The number of nitrogens with zero attached hydrogens (tertiary/aromatic N) is 4. The van der Waals surface area contributed by atoms with E-state index in [4.69, 9.17) is 0 Å². The lowest BCUT2D eigenvalue weighted by Gasteiger charge is -2.20. The van der Waals surface area contributed by atoms with Crippen LogP contribution in [0.5, 0.6) is 0 Å². The highest BCUT2D eigenvalue weighted by molar-refractivity contribution is 5.87. The second-order valence-electron chi connectivity index (χ2n) is 8.16. The van der Waals surface area contributed by atoms with Crippen LogP contribution in [0.1, 0.15) is 11.3 Å². The Morgan fingerprint density at radius 2 is 1.52 bits per heavy atom. The van der Waals surface area contributed by atoms with Crippen molar-refractivity contribution in [2.45, 2.75) is 13.5 Å². The van der Waals surface area contributed by atoms with E-state index in [0.29, 0.717) is 12.2 Å². The normalized spacial score (nSPS) is 11.0. The molecular formula is C28H23FN4. The van der Waals surface area contributed by atoms with E-state index >= 15 is 4.39 Å². The lowest BCUT2D eigenvalue weighted by atomic mass is 10.0. The standard InChI is InChI=1S/C28H23FN4/c1-19-15-24(13-14-30-19)22-9-7-20(8-10-22)17-33(2)28-26(29)27(31-18-32-28)25-12-11-21-5-3-4-6-23(21)16-25/h3-16,18H,17H2,1-2H3. The Morgan fingerprint density at radius 1 is 0.758 bits per heavy atom. The highest BCUT2D eigenvalue weighted by atomic mass is 19.1. The van der Waals surface area contributed by atoms with Crippen molar-refractivity contribution in [3.05, 3.63) is 108 Å². The largest absolute Gasteiger partial charge is 0.353 e. The van der Waals surface area contributed by atoms with E-state index in [1.165, 1.54) is 6.33 Å². The second-order valence-corrected chi connectivity index (χ2v) is 8.16. The van der Waals surface area contributed by atoms with Crippen molar-refractivity contribution >= 4 is 16.6 Å². The molecule has 33 heavy (non-hydrogen) atoms. The van der Waals surface area contributed by atoms with Crippen molar-refractivity contribution in [1.82, 2.24) is 15.0 Å². The van der Waals surface area contributed by atoms with Crippen LogP contribution < -0.4 is 4.90 Å². The van der Waals surface area contributed by atoms with Crippen LogP contribution in [-0.4, -0.2) is 22.0 Å². The summed E-state index contributed by atoms with van der Waals surface area (Å²) in [6.07, 6.45) is 3.24. The van der Waals surface area contributed by atoms with Crippen LogP contribution >= 0.6 is 0 Å². The van der Waals surface area contributed by atoms with Gasteiger partial charge in [-0.15, -0.1) is 0 Å². The first-order valence-corrected chi connectivity index (χ1v) is 10.8. The number of fused-ring (bicyclic) bond motifs is 1. The van der Waals surface area contributed by atoms with E-state index in [9.17, 15) is 0 Å². The summed E-state index contributed by atoms with van der Waals surface area (Å²) < 4.78 is 15.5. The molecule has 0 bridgehead atoms. The van der Waals surface area contributed by atoms with E-state index < -0.39 is 5.82 Å². The monoisotopic (exact) mass is 434 g/mol. The maximum Gasteiger partial charge on any atom is 0.191 e. The van der Waals surface area contributed by atoms with Gasteiger partial charge in [0.1, 0.15) is 12.0 Å². The zero-order valence-corrected chi connectivity index (χ0v) is 18.5. The van der Waals surface area contributed by atoms with Gasteiger partial charge in [0.25, 0.3) is 0 Å². The van der Waals surface area contributed by atoms with Gasteiger partial charge in [-0.1, -0.05) is 60.7 Å². The molecule has 162 valence electrons. The molecule has 5 heteroatoms. The molecule has 3 aromatic carbocycles. The zero-order chi connectivity index (χ0) is 22.8. The van der Waals surface area contributed by atoms with Crippen LogP contribution in [0.15, 0.2) is 91.4 Å². The second kappa shape index (κ2) is 8.79. The molecule has 0 saturated carbocycles. The third-order valence-corrected chi connectivity index (χ3v) is 5.76. The summed E-state index contributed by atoms with van der Waals surface area (Å²) in [6, 6.07) is 26.2. The minimum Gasteiger partial charge on any atom is -0.353 e. The number of anilines is 1. The van der Waals surface area contributed by atoms with Crippen LogP contribution in [0, 0.1) is 12.7 Å². The van der Waals surface area contributed by atoms with Crippen LogP contribution in [0.25, 0.3) is 33.2 Å². The highest BCUT2D eigenvalue weighted by Crippen LogP contribution is 2.29. The summed E-state index contributed by atoms with van der Waals surface area (Å²) in [5.74, 6) is -0.138. The third kappa shape index (κ3) is 4.30. The summed E-state index contributed by atoms with van der Waals surface area (Å²) in [5.41, 5.74) is 5.35. The maximum atomic E-state index is 15.5. The van der Waals surface area contributed by atoms with E-state index in [-0.39, 0.29) is 5.82 Å². The molecule has 0 spiro atoms. The van der Waals surface area contributed by atoms with E-state index in [0.717, 1.165) is 38.7 Å². The van der Waals surface area contributed by atoms with Crippen LogP contribution in [0.2, 0.25) is 0 Å². The SMILES string of the molecule is Cc1cc(-c2ccc(CN(C)c3ncnc(-c4ccc5ccccc5c4)c3F)cc2)ccn1. The molecular weight excluding hydrogens is 411 g/mol. The van der Waals surface area contributed by atoms with Gasteiger partial charge in [-0.05, 0) is 52.6 Å². The predicted molar refractivity (Wildman–Crippen MR) is 131 cm³/mol. The number of pyridine rings is 1. The Hall–Kier alpha value is -4.12. The lowest BCUT2D eigenvalue weighted by Crippen LogP contribution is -2.19. The maximum absolute atomic E-state index is 15.5. The van der Waals surface area contributed by atoms with Gasteiger partial charge in [-0.3, -0.25) is 4.98 Å². The molecule has 0 unspecified atom stereocenters. The fourth-order valence-electron chi connectivity index (χ4n) is 4.04. The number of hydrogen-bond acceptors (Lipinski definition) is 4. The molecule has 0 amide bonds. The summed E-state index contributed by atoms with van der Waals surface area (Å²) in [4.78, 5) is 14.5. The van der Waals surface area contributed by atoms with Crippen molar-refractivity contribution in [1.29, 1.82) is 0 Å². The van der Waals surface area contributed by atoms with Gasteiger partial charge in [0.15, 0.2) is 11.6 Å². The van der Waals surface area contributed by atoms with Gasteiger partial charge in [0, 0.05) is 31.0 Å². The molecule has 0 aliphatic rings. The molecule has 2 heterocycles. The summed E-state index contributed by atoms with van der Waals surface area (Å²) in [7, 11) is 1.84. The summed E-state index contributed by atoms with van der Waals surface area (Å²) in [5, 5.41) is 2.16. The van der Waals surface area contributed by atoms with Crippen molar-refractivity contribution in [3.63, 3.8) is 0 Å². The zero-order valence-electron chi connectivity index (χ0n) is 18.5. The number of benzene rings is 3. The van der Waals surface area contributed by atoms with Gasteiger partial charge < -0.3 is 4.90 Å². The van der Waals surface area contributed by atoms with Crippen molar-refractivity contribution in [2.24, 2.45) is 0 Å². The average molecular weight is 435 g/mol. The van der Waals surface area contributed by atoms with Crippen LogP contribution in [-0.2, 0) is 6.54 Å². The molecule has 5 rings (SSSR count). The molecule has 0 atom stereocenters. The molecule has 0 fully saturated rings. The molecule has 0 aliphatic heterocycles. The molecule has 0 saturated heterocycles. The molecule has 0 aliphatic carbocycles. The Balaban J connectivity index is 1.39. The first-order valence-electron chi connectivity index (χ1n) is 10.8. The van der Waals surface area contributed by atoms with Gasteiger partial charge in [0.2, 0.25) is 0 Å². The topological polar surface area (TPSA) is 41.9 Å². The fourth-order valence-corrected chi connectivity index (χ4v) is 4.04. The van der Waals surface area contributed by atoms with Crippen LogP contribution in [0.3, 0.4) is 0 Å². The quantitative estimate of drug-likeness (QED) is 0.319. The fraction of sp³-hybridized carbons (Fsp3) is 0.107. The number of rotatable bonds is 5. The number of aromatic nitrogens is 3. The van der Waals surface area contributed by atoms with Gasteiger partial charge in [-0.25, -0.2) is 14.4 Å². The highest BCUT2D eigenvalue weighted by Gasteiger charge is 2.17. The van der Waals surface area contributed by atoms with Gasteiger partial charge in [0.05, 0.1) is 0 Å². The third-order valence-electron chi connectivity index (χ3n) is 5.76. The first-order chi connectivity index (χ1) is 16.1. The van der Waals surface area contributed by atoms with E-state index in [2.05, 4.69) is 45.3 Å².